The molecule has 3 aromatic carbocycles. The van der Waals surface area contributed by atoms with Gasteiger partial charge in [0.05, 0.1) is 43.0 Å². The van der Waals surface area contributed by atoms with Gasteiger partial charge in [0.2, 0.25) is 11.8 Å². The SMILES string of the molecule is CCN[C@@H](C(=O)N1CCC[C@H]1c1ncc(-c2ccc(-c3ccc(-c4cnc([C@@H]5CCCN5C(=O)[C@H](C)NC(=O)OC)[nH]4)cc3)cc2)[nH]1)c1ccccc1. The van der Waals surface area contributed by atoms with Gasteiger partial charge in [0.1, 0.15) is 23.7 Å². The molecule has 0 bridgehead atoms. The molecule has 2 fully saturated rings. The first-order valence-corrected chi connectivity index (χ1v) is 18.4. The molecule has 2 aromatic heterocycles. The zero-order valence-corrected chi connectivity index (χ0v) is 30.3. The quantitative estimate of drug-likeness (QED) is 0.121. The van der Waals surface area contributed by atoms with E-state index in [9.17, 15) is 14.4 Å². The van der Waals surface area contributed by atoms with Crippen molar-refractivity contribution in [2.75, 3.05) is 26.7 Å². The molecule has 5 aromatic rings. The van der Waals surface area contributed by atoms with Gasteiger partial charge in [-0.25, -0.2) is 14.8 Å². The number of likely N-dealkylation sites (tertiary alicyclic amines) is 2. The number of benzene rings is 3. The first kappa shape index (κ1) is 35.6. The Morgan fingerprint density at radius 1 is 0.755 bits per heavy atom. The zero-order chi connectivity index (χ0) is 36.9. The number of nitrogens with one attached hydrogen (secondary N) is 4. The Morgan fingerprint density at radius 3 is 1.74 bits per heavy atom. The Balaban J connectivity index is 1.00. The summed E-state index contributed by atoms with van der Waals surface area (Å²) in [7, 11) is 1.28. The van der Waals surface area contributed by atoms with Crippen LogP contribution in [0.1, 0.15) is 74.9 Å². The van der Waals surface area contributed by atoms with Crippen LogP contribution < -0.4 is 10.6 Å². The molecule has 4 atom stereocenters. The summed E-state index contributed by atoms with van der Waals surface area (Å²) in [5, 5.41) is 5.95. The largest absolute Gasteiger partial charge is 0.453 e. The van der Waals surface area contributed by atoms with Gasteiger partial charge < -0.3 is 35.1 Å². The predicted octanol–water partition coefficient (Wildman–Crippen LogP) is 6.56. The summed E-state index contributed by atoms with van der Waals surface area (Å²) in [5.74, 6) is 1.46. The number of amides is 3. The molecule has 0 spiro atoms. The van der Waals surface area contributed by atoms with Crippen LogP contribution in [0.5, 0.6) is 0 Å². The van der Waals surface area contributed by atoms with E-state index in [1.54, 1.807) is 18.0 Å². The van der Waals surface area contributed by atoms with E-state index in [0.29, 0.717) is 19.6 Å². The Hall–Kier alpha value is -5.75. The second kappa shape index (κ2) is 15.9. The molecule has 4 N–H and O–H groups in total. The second-order valence-corrected chi connectivity index (χ2v) is 13.7. The molecule has 2 aliphatic heterocycles. The Labute approximate surface area is 309 Å². The van der Waals surface area contributed by atoms with Gasteiger partial charge in [-0.15, -0.1) is 0 Å². The number of rotatable bonds is 11. The highest BCUT2D eigenvalue weighted by atomic mass is 16.5. The molecule has 53 heavy (non-hydrogen) atoms. The average Bonchev–Trinajstić information content (AvgIpc) is 4.04. The minimum atomic E-state index is -0.697. The monoisotopic (exact) mass is 714 g/mol. The Morgan fingerprint density at radius 2 is 1.25 bits per heavy atom. The normalized spacial score (nSPS) is 18.2. The van der Waals surface area contributed by atoms with Crippen LogP contribution in [-0.2, 0) is 14.3 Å². The molecule has 2 saturated heterocycles. The van der Waals surface area contributed by atoms with Crippen molar-refractivity contribution in [1.29, 1.82) is 0 Å². The maximum atomic E-state index is 13.8. The molecule has 274 valence electrons. The van der Waals surface area contributed by atoms with Crippen molar-refractivity contribution in [1.82, 2.24) is 40.4 Å². The van der Waals surface area contributed by atoms with Crippen molar-refractivity contribution in [3.8, 4) is 33.6 Å². The number of aromatic amines is 2. The van der Waals surface area contributed by atoms with Crippen molar-refractivity contribution >= 4 is 17.9 Å². The number of carbonyl (C=O) groups is 3. The standard InChI is InChI=1S/C41H46N8O4/c1-4-42-36(31-10-6-5-7-11-31)40(51)49-23-9-13-35(49)38-44-25-33(47-38)30-20-16-28(17-21-30)27-14-18-29(19-15-27)32-24-43-37(46-32)34-12-8-22-48(34)39(50)26(2)45-41(52)53-3/h5-7,10-11,14-21,24-26,34-36,42H,4,8-9,12-13,22-23H2,1-3H3,(H,43,46)(H,44,47)(H,45,52)/t26-,34-,35-,36+/m0/s1. The Bertz CT molecular complexity index is 2020. The highest BCUT2D eigenvalue weighted by Gasteiger charge is 2.36. The van der Waals surface area contributed by atoms with Gasteiger partial charge in [-0.3, -0.25) is 9.59 Å². The van der Waals surface area contributed by atoms with Crippen molar-refractivity contribution in [3.05, 3.63) is 108 Å². The van der Waals surface area contributed by atoms with Crippen LogP contribution in [0, 0.1) is 0 Å². The number of hydrogen-bond donors (Lipinski definition) is 4. The molecular weight excluding hydrogens is 669 g/mol. The summed E-state index contributed by atoms with van der Waals surface area (Å²) in [5.41, 5.74) is 6.94. The lowest BCUT2D eigenvalue weighted by Crippen LogP contribution is -2.46. The molecule has 7 rings (SSSR count). The number of ether oxygens (including phenoxy) is 1. The maximum absolute atomic E-state index is 13.8. The average molecular weight is 715 g/mol. The van der Waals surface area contributed by atoms with Gasteiger partial charge in [-0.2, -0.15) is 0 Å². The number of hydrogen-bond acceptors (Lipinski definition) is 7. The maximum Gasteiger partial charge on any atom is 0.407 e. The van der Waals surface area contributed by atoms with Crippen molar-refractivity contribution in [2.45, 2.75) is 63.7 Å². The molecule has 12 nitrogen and oxygen atoms in total. The van der Waals surface area contributed by atoms with Crippen LogP contribution in [0.25, 0.3) is 33.6 Å². The molecule has 0 unspecified atom stereocenters. The van der Waals surface area contributed by atoms with Gasteiger partial charge in [0.25, 0.3) is 0 Å². The molecule has 0 saturated carbocycles. The number of likely N-dealkylation sites (N-methyl/N-ethyl adjacent to an activating group) is 1. The van der Waals surface area contributed by atoms with Gasteiger partial charge in [-0.05, 0) is 67.0 Å². The summed E-state index contributed by atoms with van der Waals surface area (Å²) in [4.78, 5) is 58.6. The summed E-state index contributed by atoms with van der Waals surface area (Å²) < 4.78 is 4.65. The lowest BCUT2D eigenvalue weighted by atomic mass is 10.0. The van der Waals surface area contributed by atoms with Crippen molar-refractivity contribution in [2.24, 2.45) is 0 Å². The van der Waals surface area contributed by atoms with Crippen LogP contribution >= 0.6 is 0 Å². The summed E-state index contributed by atoms with van der Waals surface area (Å²) in [6.07, 6.45) is 6.49. The van der Waals surface area contributed by atoms with E-state index in [1.807, 2.05) is 48.4 Å². The van der Waals surface area contributed by atoms with E-state index in [4.69, 9.17) is 4.98 Å². The molecule has 3 amide bonds. The zero-order valence-electron chi connectivity index (χ0n) is 30.3. The molecule has 0 aliphatic carbocycles. The van der Waals surface area contributed by atoms with Crippen molar-refractivity contribution < 1.29 is 19.1 Å². The highest BCUT2D eigenvalue weighted by Crippen LogP contribution is 2.35. The number of methoxy groups -OCH3 is 1. The molecule has 0 radical (unpaired) electrons. The summed E-state index contributed by atoms with van der Waals surface area (Å²) >= 11 is 0. The fraction of sp³-hybridized carbons (Fsp3) is 0.341. The number of imidazole rings is 2. The third-order valence-electron chi connectivity index (χ3n) is 10.3. The van der Waals surface area contributed by atoms with E-state index in [0.717, 1.165) is 76.5 Å². The first-order chi connectivity index (χ1) is 25.8. The lowest BCUT2D eigenvalue weighted by Gasteiger charge is -2.28. The van der Waals surface area contributed by atoms with E-state index >= 15 is 0 Å². The van der Waals surface area contributed by atoms with E-state index in [2.05, 4.69) is 78.9 Å². The van der Waals surface area contributed by atoms with E-state index in [-0.39, 0.29) is 29.9 Å². The number of carbonyl (C=O) groups excluding carboxylic acids is 3. The number of H-pyrrole nitrogens is 2. The fourth-order valence-corrected chi connectivity index (χ4v) is 7.53. The number of alkyl carbamates (subject to hydrolysis) is 1. The molecule has 12 heteroatoms. The summed E-state index contributed by atoms with van der Waals surface area (Å²) in [6.45, 7) is 5.70. The number of aromatic nitrogens is 4. The highest BCUT2D eigenvalue weighted by molar-refractivity contribution is 5.86. The predicted molar refractivity (Wildman–Crippen MR) is 202 cm³/mol. The number of nitrogens with zero attached hydrogens (tertiary/aromatic N) is 4. The first-order valence-electron chi connectivity index (χ1n) is 18.4. The van der Waals surface area contributed by atoms with Gasteiger partial charge in [-0.1, -0.05) is 85.8 Å². The van der Waals surface area contributed by atoms with Crippen LogP contribution in [0.2, 0.25) is 0 Å². The molecule has 2 aliphatic rings. The topological polar surface area (TPSA) is 148 Å². The smallest absolute Gasteiger partial charge is 0.407 e. The lowest BCUT2D eigenvalue weighted by molar-refractivity contribution is -0.135. The van der Waals surface area contributed by atoms with E-state index < -0.39 is 12.1 Å². The van der Waals surface area contributed by atoms with Gasteiger partial charge in [0, 0.05) is 13.1 Å². The van der Waals surface area contributed by atoms with Gasteiger partial charge in [0.15, 0.2) is 0 Å². The van der Waals surface area contributed by atoms with Crippen LogP contribution in [0.4, 0.5) is 4.79 Å². The minimum absolute atomic E-state index is 0.0790. The van der Waals surface area contributed by atoms with Crippen LogP contribution in [0.15, 0.2) is 91.3 Å². The van der Waals surface area contributed by atoms with Crippen LogP contribution in [-0.4, -0.2) is 80.4 Å². The summed E-state index contributed by atoms with van der Waals surface area (Å²) in [6, 6.07) is 25.2. The van der Waals surface area contributed by atoms with Crippen LogP contribution in [0.3, 0.4) is 0 Å². The third-order valence-corrected chi connectivity index (χ3v) is 10.3. The Kier molecular flexibility index (Phi) is 10.7. The molecular formula is C41H46N8O4. The second-order valence-electron chi connectivity index (χ2n) is 13.7. The minimum Gasteiger partial charge on any atom is -0.453 e. The fourth-order valence-electron chi connectivity index (χ4n) is 7.53. The van der Waals surface area contributed by atoms with Gasteiger partial charge >= 0.3 is 6.09 Å². The molecule has 4 heterocycles. The third kappa shape index (κ3) is 7.59. The van der Waals surface area contributed by atoms with E-state index in [1.165, 1.54) is 7.11 Å². The van der Waals surface area contributed by atoms with Crippen molar-refractivity contribution in [3.63, 3.8) is 0 Å².